The lowest BCUT2D eigenvalue weighted by atomic mass is 10.2. The van der Waals surface area contributed by atoms with Crippen molar-refractivity contribution < 1.29 is 9.32 Å². The van der Waals surface area contributed by atoms with Crippen molar-refractivity contribution in [1.29, 1.82) is 0 Å². The fourth-order valence-electron chi connectivity index (χ4n) is 1.79. The third-order valence-electron chi connectivity index (χ3n) is 2.77. The van der Waals surface area contributed by atoms with E-state index in [-0.39, 0.29) is 11.7 Å². The fraction of sp³-hybridized carbons (Fsp3) is 0.133. The number of anilines is 1. The van der Waals surface area contributed by atoms with Gasteiger partial charge in [-0.3, -0.25) is 10.1 Å². The van der Waals surface area contributed by atoms with Gasteiger partial charge < -0.3 is 4.52 Å². The number of rotatable bonds is 5. The molecule has 5 nitrogen and oxygen atoms in total. The molecule has 0 saturated heterocycles. The molecular formula is C15H13N3O2S2. The Bertz CT molecular complexity index is 768. The van der Waals surface area contributed by atoms with E-state index < -0.39 is 0 Å². The second-order valence-corrected chi connectivity index (χ2v) is 6.61. The molecule has 0 aliphatic carbocycles. The van der Waals surface area contributed by atoms with Crippen molar-refractivity contribution in [2.45, 2.75) is 11.3 Å². The molecule has 0 saturated carbocycles. The Balaban J connectivity index is 1.56. The average Bonchev–Trinajstić information content (AvgIpc) is 3.15. The minimum atomic E-state index is -0.141. The average molecular weight is 331 g/mol. The molecule has 0 aliphatic rings. The zero-order valence-electron chi connectivity index (χ0n) is 11.8. The van der Waals surface area contributed by atoms with E-state index in [1.54, 1.807) is 13.0 Å². The molecule has 0 fully saturated rings. The molecule has 2 aromatic heterocycles. The zero-order valence-corrected chi connectivity index (χ0v) is 13.4. The van der Waals surface area contributed by atoms with E-state index in [0.717, 1.165) is 21.3 Å². The van der Waals surface area contributed by atoms with Gasteiger partial charge in [0.25, 0.3) is 0 Å². The van der Waals surface area contributed by atoms with Gasteiger partial charge in [0.05, 0.1) is 17.1 Å². The maximum atomic E-state index is 11.8. The van der Waals surface area contributed by atoms with Crippen molar-refractivity contribution >= 4 is 34.9 Å². The summed E-state index contributed by atoms with van der Waals surface area (Å²) in [5.41, 5.74) is 2.74. The van der Waals surface area contributed by atoms with Crippen LogP contribution in [0.1, 0.15) is 5.69 Å². The smallest absolute Gasteiger partial charge is 0.237 e. The van der Waals surface area contributed by atoms with E-state index in [1.807, 2.05) is 35.7 Å². The topological polar surface area (TPSA) is 68.0 Å². The number of carbonyl (C=O) groups is 1. The van der Waals surface area contributed by atoms with Gasteiger partial charge in [-0.25, -0.2) is 4.98 Å². The SMILES string of the molecule is Cc1cc(NC(=O)CSc2nc(-c3ccccc3)cs2)on1. The molecule has 0 aliphatic heterocycles. The lowest BCUT2D eigenvalue weighted by Gasteiger charge is -1.99. The quantitative estimate of drug-likeness (QED) is 0.720. The van der Waals surface area contributed by atoms with Crippen LogP contribution < -0.4 is 5.32 Å². The van der Waals surface area contributed by atoms with Crippen molar-refractivity contribution in [2.75, 3.05) is 11.1 Å². The number of benzene rings is 1. The summed E-state index contributed by atoms with van der Waals surface area (Å²) in [7, 11) is 0. The van der Waals surface area contributed by atoms with Gasteiger partial charge in [0.1, 0.15) is 0 Å². The Kier molecular flexibility index (Phi) is 4.55. The van der Waals surface area contributed by atoms with E-state index in [1.165, 1.54) is 23.1 Å². The van der Waals surface area contributed by atoms with Crippen LogP contribution in [0.4, 0.5) is 5.88 Å². The molecule has 3 aromatic rings. The molecule has 7 heteroatoms. The molecule has 112 valence electrons. The number of hydrogen-bond donors (Lipinski definition) is 1. The van der Waals surface area contributed by atoms with Crippen LogP contribution in [0.25, 0.3) is 11.3 Å². The summed E-state index contributed by atoms with van der Waals surface area (Å²) in [5, 5.41) is 8.37. The third-order valence-corrected chi connectivity index (χ3v) is 4.79. The fourth-order valence-corrected chi connectivity index (χ4v) is 3.42. The van der Waals surface area contributed by atoms with Crippen LogP contribution in [0.5, 0.6) is 0 Å². The first-order valence-corrected chi connectivity index (χ1v) is 8.44. The molecule has 2 heterocycles. The Morgan fingerprint density at radius 1 is 1.36 bits per heavy atom. The van der Waals surface area contributed by atoms with Crippen molar-refractivity contribution in [3.63, 3.8) is 0 Å². The van der Waals surface area contributed by atoms with E-state index in [0.29, 0.717) is 5.88 Å². The highest BCUT2D eigenvalue weighted by molar-refractivity contribution is 8.01. The molecule has 1 N–H and O–H groups in total. The first-order valence-electron chi connectivity index (χ1n) is 6.57. The molecule has 0 bridgehead atoms. The van der Waals surface area contributed by atoms with E-state index in [9.17, 15) is 4.79 Å². The molecule has 0 atom stereocenters. The molecule has 1 aromatic carbocycles. The highest BCUT2D eigenvalue weighted by Crippen LogP contribution is 2.28. The van der Waals surface area contributed by atoms with E-state index in [2.05, 4.69) is 15.5 Å². The molecule has 0 unspecified atom stereocenters. The molecule has 3 rings (SSSR count). The lowest BCUT2D eigenvalue weighted by molar-refractivity contribution is -0.113. The van der Waals surface area contributed by atoms with Crippen LogP contribution in [0.2, 0.25) is 0 Å². The summed E-state index contributed by atoms with van der Waals surface area (Å²) in [6, 6.07) is 11.6. The molecule has 1 amide bonds. The van der Waals surface area contributed by atoms with Crippen LogP contribution in [0, 0.1) is 6.92 Å². The van der Waals surface area contributed by atoms with Crippen LogP contribution in [-0.4, -0.2) is 21.8 Å². The molecular weight excluding hydrogens is 318 g/mol. The zero-order chi connectivity index (χ0) is 15.4. The lowest BCUT2D eigenvalue weighted by Crippen LogP contribution is -2.13. The number of aromatic nitrogens is 2. The van der Waals surface area contributed by atoms with Gasteiger partial charge in [0.15, 0.2) is 4.34 Å². The minimum absolute atomic E-state index is 0.141. The highest BCUT2D eigenvalue weighted by atomic mass is 32.2. The summed E-state index contributed by atoms with van der Waals surface area (Å²) in [5.74, 6) is 0.506. The first-order chi connectivity index (χ1) is 10.7. The second kappa shape index (κ2) is 6.76. The van der Waals surface area contributed by atoms with Gasteiger partial charge in [-0.05, 0) is 6.92 Å². The Labute approximate surface area is 135 Å². The van der Waals surface area contributed by atoms with Crippen LogP contribution >= 0.6 is 23.1 Å². The first kappa shape index (κ1) is 14.8. The minimum Gasteiger partial charge on any atom is -0.338 e. The molecule has 22 heavy (non-hydrogen) atoms. The second-order valence-electron chi connectivity index (χ2n) is 4.53. The summed E-state index contributed by atoms with van der Waals surface area (Å²) < 4.78 is 5.81. The number of thioether (sulfide) groups is 1. The standard InChI is InChI=1S/C15H13N3O2S2/c1-10-7-14(20-18-10)17-13(19)9-22-15-16-12(8-21-15)11-5-3-2-4-6-11/h2-8H,9H2,1H3,(H,17,19). The number of nitrogens with zero attached hydrogens (tertiary/aromatic N) is 2. The van der Waals surface area contributed by atoms with Gasteiger partial charge in [0.2, 0.25) is 11.8 Å². The van der Waals surface area contributed by atoms with Crippen LogP contribution in [-0.2, 0) is 4.79 Å². The maximum Gasteiger partial charge on any atom is 0.237 e. The maximum absolute atomic E-state index is 11.8. The Morgan fingerprint density at radius 3 is 2.91 bits per heavy atom. The van der Waals surface area contributed by atoms with Crippen molar-refractivity contribution in [1.82, 2.24) is 10.1 Å². The number of hydrogen-bond acceptors (Lipinski definition) is 6. The third kappa shape index (κ3) is 3.75. The van der Waals surface area contributed by atoms with E-state index >= 15 is 0 Å². The summed E-state index contributed by atoms with van der Waals surface area (Å²) in [4.78, 5) is 16.4. The predicted molar refractivity (Wildman–Crippen MR) is 88.1 cm³/mol. The molecule has 0 radical (unpaired) electrons. The summed E-state index contributed by atoms with van der Waals surface area (Å²) in [6.07, 6.45) is 0. The molecule has 0 spiro atoms. The Morgan fingerprint density at radius 2 is 2.18 bits per heavy atom. The number of amides is 1. The van der Waals surface area contributed by atoms with Crippen LogP contribution in [0.3, 0.4) is 0 Å². The largest absolute Gasteiger partial charge is 0.338 e. The van der Waals surface area contributed by atoms with Crippen molar-refractivity contribution in [2.24, 2.45) is 0 Å². The number of thiazole rings is 1. The summed E-state index contributed by atoms with van der Waals surface area (Å²) in [6.45, 7) is 1.80. The van der Waals surface area contributed by atoms with Crippen LogP contribution in [0.15, 0.2) is 50.6 Å². The number of aryl methyl sites for hydroxylation is 1. The summed E-state index contributed by atoms with van der Waals surface area (Å²) >= 11 is 2.94. The van der Waals surface area contributed by atoms with Gasteiger partial charge in [-0.1, -0.05) is 47.3 Å². The normalized spacial score (nSPS) is 10.6. The Hall–Kier alpha value is -2.12. The number of carbonyl (C=O) groups excluding carboxylic acids is 1. The van der Waals surface area contributed by atoms with Gasteiger partial charge in [-0.2, -0.15) is 0 Å². The predicted octanol–water partition coefficient (Wildman–Crippen LogP) is 3.84. The number of nitrogens with one attached hydrogen (secondary N) is 1. The van der Waals surface area contributed by atoms with Gasteiger partial charge in [0, 0.05) is 17.0 Å². The monoisotopic (exact) mass is 331 g/mol. The van der Waals surface area contributed by atoms with E-state index in [4.69, 9.17) is 4.52 Å². The highest BCUT2D eigenvalue weighted by Gasteiger charge is 2.10. The van der Waals surface area contributed by atoms with Gasteiger partial charge >= 0.3 is 0 Å². The van der Waals surface area contributed by atoms with Crippen molar-refractivity contribution in [3.8, 4) is 11.3 Å². The van der Waals surface area contributed by atoms with Crippen molar-refractivity contribution in [3.05, 3.63) is 47.5 Å². The van der Waals surface area contributed by atoms with Gasteiger partial charge in [-0.15, -0.1) is 11.3 Å².